The van der Waals surface area contributed by atoms with Gasteiger partial charge in [-0.15, -0.1) is 0 Å². The molecule has 0 fully saturated rings. The second kappa shape index (κ2) is 6.61. The molecule has 0 aliphatic heterocycles. The van der Waals surface area contributed by atoms with E-state index in [2.05, 4.69) is 47.8 Å². The Balaban J connectivity index is 2.31. The molecule has 0 saturated carbocycles. The monoisotopic (exact) mass is 289 g/mol. The van der Waals surface area contributed by atoms with Crippen molar-refractivity contribution in [3.63, 3.8) is 0 Å². The van der Waals surface area contributed by atoms with Gasteiger partial charge in [-0.1, -0.05) is 0 Å². The summed E-state index contributed by atoms with van der Waals surface area (Å²) in [6.45, 7) is 7.81. The van der Waals surface area contributed by atoms with Crippen molar-refractivity contribution in [2.45, 2.75) is 40.2 Å². The number of nitrogens with zero attached hydrogens (tertiary/aromatic N) is 2. The molecule has 0 spiro atoms. The van der Waals surface area contributed by atoms with Crippen molar-refractivity contribution in [1.82, 2.24) is 9.55 Å². The maximum atomic E-state index is 11.3. The molecule has 5 nitrogen and oxygen atoms in total. The van der Waals surface area contributed by atoms with Crippen LogP contribution in [0.4, 0.5) is 5.95 Å². The van der Waals surface area contributed by atoms with E-state index in [1.54, 1.807) is 0 Å². The van der Waals surface area contributed by atoms with Crippen LogP contribution in [0.3, 0.4) is 0 Å². The predicted molar refractivity (Wildman–Crippen MR) is 84.6 cm³/mol. The third kappa shape index (κ3) is 3.35. The van der Waals surface area contributed by atoms with E-state index in [1.165, 1.54) is 18.2 Å². The molecule has 1 heterocycles. The van der Waals surface area contributed by atoms with Gasteiger partial charge < -0.3 is 14.6 Å². The summed E-state index contributed by atoms with van der Waals surface area (Å²) in [5.41, 5.74) is 4.59. The zero-order valence-corrected chi connectivity index (χ0v) is 13.2. The van der Waals surface area contributed by atoms with Crippen molar-refractivity contribution < 1.29 is 9.53 Å². The van der Waals surface area contributed by atoms with Gasteiger partial charge in [0.15, 0.2) is 0 Å². The van der Waals surface area contributed by atoms with E-state index in [9.17, 15) is 4.79 Å². The summed E-state index contributed by atoms with van der Waals surface area (Å²) in [6.07, 6.45) is 1.16. The topological polar surface area (TPSA) is 56.2 Å². The van der Waals surface area contributed by atoms with Gasteiger partial charge in [0.25, 0.3) is 0 Å². The summed E-state index contributed by atoms with van der Waals surface area (Å²) >= 11 is 0. The molecule has 0 bridgehead atoms. The number of hydrogen-bond acceptors (Lipinski definition) is 4. The summed E-state index contributed by atoms with van der Waals surface area (Å²) in [6, 6.07) is 4.28. The molecule has 0 atom stereocenters. The number of benzene rings is 1. The Morgan fingerprint density at radius 2 is 2.05 bits per heavy atom. The lowest BCUT2D eigenvalue weighted by molar-refractivity contribution is -0.140. The number of methoxy groups -OCH3 is 1. The van der Waals surface area contributed by atoms with Gasteiger partial charge in [0.2, 0.25) is 5.95 Å². The summed E-state index contributed by atoms with van der Waals surface area (Å²) in [5.74, 6) is 0.693. The second-order valence-electron chi connectivity index (χ2n) is 5.22. The van der Waals surface area contributed by atoms with Crippen LogP contribution in [-0.2, 0) is 16.1 Å². The molecular weight excluding hydrogens is 266 g/mol. The molecule has 1 aromatic carbocycles. The predicted octanol–water partition coefficient (Wildman–Crippen LogP) is 3.04. The zero-order valence-electron chi connectivity index (χ0n) is 13.2. The van der Waals surface area contributed by atoms with Gasteiger partial charge in [0.05, 0.1) is 18.1 Å². The molecule has 2 aromatic rings. The first-order valence-corrected chi connectivity index (χ1v) is 7.35. The van der Waals surface area contributed by atoms with Gasteiger partial charge in [0.1, 0.15) is 0 Å². The van der Waals surface area contributed by atoms with Crippen LogP contribution in [0.25, 0.3) is 11.0 Å². The van der Waals surface area contributed by atoms with Gasteiger partial charge in [-0.3, -0.25) is 4.79 Å². The third-order valence-corrected chi connectivity index (χ3v) is 3.69. The van der Waals surface area contributed by atoms with Crippen LogP contribution in [0, 0.1) is 13.8 Å². The smallest absolute Gasteiger partial charge is 0.305 e. The van der Waals surface area contributed by atoms with Crippen molar-refractivity contribution in [2.75, 3.05) is 19.0 Å². The lowest BCUT2D eigenvalue weighted by Crippen LogP contribution is -2.09. The van der Waals surface area contributed by atoms with Crippen LogP contribution in [0.5, 0.6) is 0 Å². The number of rotatable bonds is 6. The highest BCUT2D eigenvalue weighted by Crippen LogP contribution is 2.24. The molecule has 0 saturated heterocycles. The van der Waals surface area contributed by atoms with Gasteiger partial charge in [-0.05, 0) is 50.5 Å². The molecular formula is C16H23N3O2. The maximum absolute atomic E-state index is 11.3. The lowest BCUT2D eigenvalue weighted by Gasteiger charge is -2.10. The van der Waals surface area contributed by atoms with E-state index in [0.717, 1.165) is 36.5 Å². The largest absolute Gasteiger partial charge is 0.469 e. The summed E-state index contributed by atoms with van der Waals surface area (Å²) in [7, 11) is 1.42. The molecule has 0 radical (unpaired) electrons. The SMILES string of the molecule is CCNc1nc2cc(C)c(C)cc2n1CCCC(=O)OC. The van der Waals surface area contributed by atoms with E-state index in [-0.39, 0.29) is 5.97 Å². The van der Waals surface area contributed by atoms with Crippen LogP contribution in [0.2, 0.25) is 0 Å². The highest BCUT2D eigenvalue weighted by Gasteiger charge is 2.12. The van der Waals surface area contributed by atoms with Gasteiger partial charge in [0, 0.05) is 19.5 Å². The van der Waals surface area contributed by atoms with Crippen LogP contribution in [-0.4, -0.2) is 29.2 Å². The zero-order chi connectivity index (χ0) is 15.4. The van der Waals surface area contributed by atoms with Gasteiger partial charge in [-0.2, -0.15) is 0 Å². The number of imidazole rings is 1. The van der Waals surface area contributed by atoms with Crippen molar-refractivity contribution in [2.24, 2.45) is 0 Å². The van der Waals surface area contributed by atoms with E-state index in [4.69, 9.17) is 4.74 Å². The van der Waals surface area contributed by atoms with Crippen LogP contribution in [0.15, 0.2) is 12.1 Å². The average molecular weight is 289 g/mol. The molecule has 0 aliphatic carbocycles. The number of aromatic nitrogens is 2. The Morgan fingerprint density at radius 1 is 1.33 bits per heavy atom. The van der Waals surface area contributed by atoms with Crippen LogP contribution < -0.4 is 5.32 Å². The fraction of sp³-hybridized carbons (Fsp3) is 0.500. The first-order chi connectivity index (χ1) is 10.1. The van der Waals surface area contributed by atoms with Gasteiger partial charge in [-0.25, -0.2) is 4.98 Å². The number of anilines is 1. The number of aryl methyl sites for hydroxylation is 3. The quantitative estimate of drug-likeness (QED) is 0.830. The summed E-state index contributed by atoms with van der Waals surface area (Å²) in [4.78, 5) is 15.9. The Morgan fingerprint density at radius 3 is 2.71 bits per heavy atom. The lowest BCUT2D eigenvalue weighted by atomic mass is 10.1. The van der Waals surface area contributed by atoms with Crippen molar-refractivity contribution in [3.8, 4) is 0 Å². The molecule has 0 aliphatic rings. The highest BCUT2D eigenvalue weighted by atomic mass is 16.5. The maximum Gasteiger partial charge on any atom is 0.305 e. The molecule has 0 amide bonds. The first kappa shape index (κ1) is 15.4. The average Bonchev–Trinajstić information content (AvgIpc) is 2.77. The van der Waals surface area contributed by atoms with Gasteiger partial charge >= 0.3 is 5.97 Å². The Labute approximate surface area is 125 Å². The minimum atomic E-state index is -0.170. The normalized spacial score (nSPS) is 10.9. The third-order valence-electron chi connectivity index (χ3n) is 3.69. The number of nitrogens with one attached hydrogen (secondary N) is 1. The van der Waals surface area contributed by atoms with E-state index < -0.39 is 0 Å². The second-order valence-corrected chi connectivity index (χ2v) is 5.22. The van der Waals surface area contributed by atoms with Crippen LogP contribution >= 0.6 is 0 Å². The number of hydrogen-bond donors (Lipinski definition) is 1. The Hall–Kier alpha value is -2.04. The molecule has 0 unspecified atom stereocenters. The highest BCUT2D eigenvalue weighted by molar-refractivity contribution is 5.80. The fourth-order valence-electron chi connectivity index (χ4n) is 2.38. The molecule has 2 rings (SSSR count). The van der Waals surface area contributed by atoms with E-state index in [0.29, 0.717) is 6.42 Å². The molecule has 1 N–H and O–H groups in total. The van der Waals surface area contributed by atoms with Crippen LogP contribution in [0.1, 0.15) is 30.9 Å². The molecule has 114 valence electrons. The summed E-state index contributed by atoms with van der Waals surface area (Å²) in [5, 5.41) is 3.29. The first-order valence-electron chi connectivity index (χ1n) is 7.35. The molecule has 21 heavy (non-hydrogen) atoms. The number of ether oxygens (including phenoxy) is 1. The molecule has 1 aromatic heterocycles. The number of carbonyl (C=O) groups excluding carboxylic acids is 1. The fourth-order valence-corrected chi connectivity index (χ4v) is 2.38. The minimum Gasteiger partial charge on any atom is -0.469 e. The Bertz CT molecular complexity index is 646. The van der Waals surface area contributed by atoms with E-state index >= 15 is 0 Å². The minimum absolute atomic E-state index is 0.170. The molecule has 5 heteroatoms. The van der Waals surface area contributed by atoms with Crippen molar-refractivity contribution in [1.29, 1.82) is 0 Å². The Kier molecular flexibility index (Phi) is 4.83. The van der Waals surface area contributed by atoms with Crippen molar-refractivity contribution in [3.05, 3.63) is 23.3 Å². The number of fused-ring (bicyclic) bond motifs is 1. The standard InChI is InChI=1S/C16H23N3O2/c1-5-17-16-18-13-9-11(2)12(3)10-14(13)19(16)8-6-7-15(20)21-4/h9-10H,5-8H2,1-4H3,(H,17,18). The number of carbonyl (C=O) groups is 1. The number of esters is 1. The van der Waals surface area contributed by atoms with E-state index in [1.807, 2.05) is 0 Å². The summed E-state index contributed by atoms with van der Waals surface area (Å²) < 4.78 is 6.84. The van der Waals surface area contributed by atoms with Crippen molar-refractivity contribution >= 4 is 23.0 Å².